The molecule has 1 aromatic heterocycles. The lowest BCUT2D eigenvalue weighted by atomic mass is 10.1. The van der Waals surface area contributed by atoms with Crippen LogP contribution in [-0.2, 0) is 0 Å². The molecule has 0 aliphatic heterocycles. The Morgan fingerprint density at radius 3 is 2.38 bits per heavy atom. The van der Waals surface area contributed by atoms with Crippen LogP contribution in [0, 0.1) is 0 Å². The number of carbonyl (C=O) groups excluding carboxylic acids is 2. The van der Waals surface area contributed by atoms with E-state index in [0.29, 0.717) is 10.4 Å². The van der Waals surface area contributed by atoms with Crippen molar-refractivity contribution in [3.8, 4) is 11.1 Å². The van der Waals surface area contributed by atoms with Crippen molar-refractivity contribution in [2.24, 2.45) is 5.73 Å². The first kappa shape index (κ1) is 10.6. The third-order valence-corrected chi connectivity index (χ3v) is 3.17. The number of thiophene rings is 1. The van der Waals surface area contributed by atoms with Crippen molar-refractivity contribution in [3.05, 3.63) is 46.2 Å². The third-order valence-electron chi connectivity index (χ3n) is 2.22. The molecule has 2 rings (SSSR count). The van der Waals surface area contributed by atoms with Crippen LogP contribution in [0.1, 0.15) is 20.0 Å². The Morgan fingerprint density at radius 2 is 1.88 bits per heavy atom. The van der Waals surface area contributed by atoms with Crippen LogP contribution in [0.2, 0.25) is 0 Å². The molecule has 2 N–H and O–H groups in total. The second-order valence-electron chi connectivity index (χ2n) is 3.30. The first-order valence-corrected chi connectivity index (χ1v) is 5.52. The van der Waals surface area contributed by atoms with Gasteiger partial charge in [0.25, 0.3) is 5.91 Å². The van der Waals surface area contributed by atoms with Crippen LogP contribution in [0.4, 0.5) is 0 Å². The number of benzene rings is 1. The van der Waals surface area contributed by atoms with E-state index in [1.54, 1.807) is 18.2 Å². The minimum Gasteiger partial charge on any atom is -0.365 e. The minimum absolute atomic E-state index is 0.416. The molecule has 0 radical (unpaired) electrons. The van der Waals surface area contributed by atoms with Crippen LogP contribution in [-0.4, -0.2) is 12.2 Å². The average molecular weight is 231 g/mol. The van der Waals surface area contributed by atoms with Gasteiger partial charge in [0, 0.05) is 5.56 Å². The van der Waals surface area contributed by atoms with Crippen molar-refractivity contribution in [2.45, 2.75) is 0 Å². The fourth-order valence-electron chi connectivity index (χ4n) is 1.37. The molecule has 1 amide bonds. The minimum atomic E-state index is -0.416. The summed E-state index contributed by atoms with van der Waals surface area (Å²) in [6, 6.07) is 8.92. The number of nitrogens with two attached hydrogens (primary N) is 1. The Hall–Kier alpha value is -1.94. The molecule has 4 heteroatoms. The van der Waals surface area contributed by atoms with Gasteiger partial charge < -0.3 is 5.73 Å². The zero-order valence-corrected chi connectivity index (χ0v) is 9.16. The van der Waals surface area contributed by atoms with E-state index >= 15 is 0 Å². The van der Waals surface area contributed by atoms with Gasteiger partial charge in [0.15, 0.2) is 0 Å². The molecule has 0 bridgehead atoms. The summed E-state index contributed by atoms with van der Waals surface area (Å²) in [5.74, 6) is -0.416. The van der Waals surface area contributed by atoms with Crippen molar-refractivity contribution in [1.29, 1.82) is 0 Å². The van der Waals surface area contributed by atoms with Gasteiger partial charge >= 0.3 is 0 Å². The van der Waals surface area contributed by atoms with Crippen molar-refractivity contribution in [2.75, 3.05) is 0 Å². The molecule has 1 heterocycles. The Morgan fingerprint density at radius 1 is 1.19 bits per heavy atom. The van der Waals surface area contributed by atoms with E-state index in [9.17, 15) is 9.59 Å². The first-order chi connectivity index (χ1) is 7.70. The second-order valence-corrected chi connectivity index (χ2v) is 4.21. The molecule has 0 aliphatic carbocycles. The van der Waals surface area contributed by atoms with Crippen LogP contribution < -0.4 is 5.73 Å². The smallest absolute Gasteiger partial charge is 0.258 e. The summed E-state index contributed by atoms with van der Waals surface area (Å²) in [6.07, 6.45) is 0.798. The average Bonchev–Trinajstić information content (AvgIpc) is 2.78. The maximum Gasteiger partial charge on any atom is 0.258 e. The normalized spacial score (nSPS) is 10.0. The van der Waals surface area contributed by atoms with E-state index in [4.69, 9.17) is 5.73 Å². The van der Waals surface area contributed by atoms with Gasteiger partial charge in [-0.2, -0.15) is 0 Å². The Kier molecular flexibility index (Phi) is 2.83. The van der Waals surface area contributed by atoms with Crippen molar-refractivity contribution >= 4 is 23.5 Å². The maximum absolute atomic E-state index is 10.9. The molecular formula is C12H9NO2S. The fourth-order valence-corrected chi connectivity index (χ4v) is 2.14. The van der Waals surface area contributed by atoms with Gasteiger partial charge in [0.05, 0.1) is 4.88 Å². The zero-order valence-electron chi connectivity index (χ0n) is 8.34. The molecule has 0 fully saturated rings. The van der Waals surface area contributed by atoms with Gasteiger partial charge in [-0.25, -0.2) is 0 Å². The number of rotatable bonds is 3. The molecule has 16 heavy (non-hydrogen) atoms. The largest absolute Gasteiger partial charge is 0.365 e. The summed E-state index contributed by atoms with van der Waals surface area (Å²) in [5, 5.41) is 1.87. The number of hydrogen-bond donors (Lipinski definition) is 1. The van der Waals surface area contributed by atoms with Crippen LogP contribution in [0.5, 0.6) is 0 Å². The molecule has 0 unspecified atom stereocenters. The molecule has 2 aromatic rings. The lowest BCUT2D eigenvalue weighted by Gasteiger charge is -1.97. The summed E-state index contributed by atoms with van der Waals surface area (Å²) in [4.78, 5) is 22.0. The monoisotopic (exact) mass is 231 g/mol. The quantitative estimate of drug-likeness (QED) is 0.824. The predicted octanol–water partition coefficient (Wildman–Crippen LogP) is 2.33. The standard InChI is InChI=1S/C12H9NO2S/c13-12(15)11-5-10(7-16-11)9-3-1-8(6-14)2-4-9/h1-7H,(H2,13,15). The Labute approximate surface area is 96.5 Å². The molecule has 1 aromatic carbocycles. The molecular weight excluding hydrogens is 222 g/mol. The lowest BCUT2D eigenvalue weighted by molar-refractivity contribution is 0.100. The van der Waals surface area contributed by atoms with Gasteiger partial charge in [0.1, 0.15) is 6.29 Å². The summed E-state index contributed by atoms with van der Waals surface area (Å²) in [7, 11) is 0. The van der Waals surface area contributed by atoms with Crippen LogP contribution in [0.15, 0.2) is 35.7 Å². The highest BCUT2D eigenvalue weighted by atomic mass is 32.1. The van der Waals surface area contributed by atoms with Crippen molar-refractivity contribution in [3.63, 3.8) is 0 Å². The topological polar surface area (TPSA) is 60.2 Å². The number of aldehydes is 1. The van der Waals surface area contributed by atoms with E-state index in [1.165, 1.54) is 11.3 Å². The summed E-state index contributed by atoms with van der Waals surface area (Å²) in [5.41, 5.74) is 7.72. The van der Waals surface area contributed by atoms with E-state index in [-0.39, 0.29) is 0 Å². The summed E-state index contributed by atoms with van der Waals surface area (Å²) < 4.78 is 0. The lowest BCUT2D eigenvalue weighted by Crippen LogP contribution is -2.08. The molecule has 0 spiro atoms. The molecule has 0 aliphatic rings. The predicted molar refractivity (Wildman–Crippen MR) is 63.7 cm³/mol. The Bertz CT molecular complexity index is 528. The highest BCUT2D eigenvalue weighted by molar-refractivity contribution is 7.12. The van der Waals surface area contributed by atoms with Crippen molar-refractivity contribution in [1.82, 2.24) is 0 Å². The first-order valence-electron chi connectivity index (χ1n) is 4.64. The second kappa shape index (κ2) is 4.28. The van der Waals surface area contributed by atoms with E-state index < -0.39 is 5.91 Å². The van der Waals surface area contributed by atoms with Gasteiger partial charge in [0.2, 0.25) is 0 Å². The Balaban J connectivity index is 2.35. The summed E-state index contributed by atoms with van der Waals surface area (Å²) >= 11 is 1.32. The van der Waals surface area contributed by atoms with Crippen LogP contribution in [0.3, 0.4) is 0 Å². The molecule has 80 valence electrons. The third kappa shape index (κ3) is 2.01. The van der Waals surface area contributed by atoms with E-state index in [0.717, 1.165) is 17.4 Å². The molecule has 0 saturated heterocycles. The zero-order chi connectivity index (χ0) is 11.5. The number of primary amides is 1. The highest BCUT2D eigenvalue weighted by Crippen LogP contribution is 2.25. The maximum atomic E-state index is 10.9. The molecule has 0 saturated carbocycles. The molecule has 3 nitrogen and oxygen atoms in total. The molecule has 0 atom stereocenters. The summed E-state index contributed by atoms with van der Waals surface area (Å²) in [6.45, 7) is 0. The van der Waals surface area contributed by atoms with Gasteiger partial charge in [-0.1, -0.05) is 24.3 Å². The number of hydrogen-bond acceptors (Lipinski definition) is 3. The fraction of sp³-hybridized carbons (Fsp3) is 0. The SMILES string of the molecule is NC(=O)c1cc(-c2ccc(C=O)cc2)cs1. The van der Waals surface area contributed by atoms with Gasteiger partial charge in [-0.15, -0.1) is 11.3 Å². The van der Waals surface area contributed by atoms with E-state index in [2.05, 4.69) is 0 Å². The van der Waals surface area contributed by atoms with Gasteiger partial charge in [-0.3, -0.25) is 9.59 Å². The number of carbonyl (C=O) groups is 2. The van der Waals surface area contributed by atoms with Crippen LogP contribution >= 0.6 is 11.3 Å². The van der Waals surface area contributed by atoms with Crippen LogP contribution in [0.25, 0.3) is 11.1 Å². The van der Waals surface area contributed by atoms with Crippen molar-refractivity contribution < 1.29 is 9.59 Å². The highest BCUT2D eigenvalue weighted by Gasteiger charge is 2.06. The van der Waals surface area contributed by atoms with Gasteiger partial charge in [-0.05, 0) is 22.6 Å². The number of amides is 1. The van der Waals surface area contributed by atoms with E-state index in [1.807, 2.05) is 17.5 Å².